The van der Waals surface area contributed by atoms with Crippen LogP contribution in [0.4, 0.5) is 0 Å². The molecule has 4 nitrogen and oxygen atoms in total. The lowest BCUT2D eigenvalue weighted by molar-refractivity contribution is 0.389. The van der Waals surface area contributed by atoms with Gasteiger partial charge in [0.25, 0.3) is 0 Å². The molecule has 0 aliphatic heterocycles. The zero-order chi connectivity index (χ0) is 10.3. The number of methoxy groups -OCH3 is 1. The van der Waals surface area contributed by atoms with Crippen LogP contribution in [-0.4, -0.2) is 21.5 Å². The monoisotopic (exact) mass is 191 g/mol. The first-order valence-electron chi connectivity index (χ1n) is 4.50. The molecule has 0 atom stereocenters. The average molecular weight is 191 g/mol. The minimum Gasteiger partial charge on any atom is -0.482 e. The summed E-state index contributed by atoms with van der Waals surface area (Å²) < 4.78 is 7.20. The molecule has 0 aromatic carbocycles. The topological polar surface area (TPSA) is 39.4 Å². The molecule has 0 bridgehead atoms. The van der Waals surface area contributed by atoms with Gasteiger partial charge < -0.3 is 4.74 Å². The van der Waals surface area contributed by atoms with Crippen LogP contribution in [0.25, 0.3) is 5.65 Å². The average Bonchev–Trinajstić information content (AvgIpc) is 2.41. The Morgan fingerprint density at radius 2 is 1.93 bits per heavy atom. The molecule has 4 heteroatoms. The Hall–Kier alpha value is -1.58. The van der Waals surface area contributed by atoms with E-state index >= 15 is 0 Å². The second-order valence-corrected chi connectivity index (χ2v) is 3.34. The lowest BCUT2D eigenvalue weighted by Crippen LogP contribution is -1.99. The van der Waals surface area contributed by atoms with Gasteiger partial charge in [0.1, 0.15) is 5.82 Å². The van der Waals surface area contributed by atoms with Crippen molar-refractivity contribution in [2.45, 2.75) is 20.8 Å². The van der Waals surface area contributed by atoms with Crippen LogP contribution in [0, 0.1) is 20.8 Å². The number of aryl methyl sites for hydroxylation is 3. The smallest absolute Gasteiger partial charge is 0.202 e. The summed E-state index contributed by atoms with van der Waals surface area (Å²) in [5.74, 6) is 1.69. The van der Waals surface area contributed by atoms with Crippen molar-refractivity contribution in [2.75, 3.05) is 7.11 Å². The molecule has 14 heavy (non-hydrogen) atoms. The van der Waals surface area contributed by atoms with Gasteiger partial charge in [0.2, 0.25) is 5.88 Å². The normalized spacial score (nSPS) is 10.9. The van der Waals surface area contributed by atoms with E-state index < -0.39 is 0 Å². The van der Waals surface area contributed by atoms with Crippen molar-refractivity contribution in [1.29, 1.82) is 0 Å². The van der Waals surface area contributed by atoms with E-state index in [1.807, 2.05) is 31.2 Å². The Bertz CT molecular complexity index is 488. The number of imidazole rings is 1. The van der Waals surface area contributed by atoms with Crippen LogP contribution in [0.15, 0.2) is 6.07 Å². The van der Waals surface area contributed by atoms with E-state index in [2.05, 4.69) is 9.97 Å². The van der Waals surface area contributed by atoms with Crippen LogP contribution in [0.2, 0.25) is 0 Å². The Morgan fingerprint density at radius 1 is 1.21 bits per heavy atom. The third kappa shape index (κ3) is 1.14. The van der Waals surface area contributed by atoms with Gasteiger partial charge in [-0.15, -0.1) is 0 Å². The zero-order valence-corrected chi connectivity index (χ0v) is 8.83. The van der Waals surface area contributed by atoms with Crippen LogP contribution in [0.3, 0.4) is 0 Å². The molecule has 0 amide bonds. The van der Waals surface area contributed by atoms with E-state index in [1.54, 1.807) is 7.11 Å². The number of ether oxygens (including phenoxy) is 1. The molecular formula is C10H13N3O. The summed E-state index contributed by atoms with van der Waals surface area (Å²) in [7, 11) is 1.66. The number of fused-ring (bicyclic) bond motifs is 1. The Balaban J connectivity index is 2.90. The first-order chi connectivity index (χ1) is 6.63. The van der Waals surface area contributed by atoms with E-state index in [0.29, 0.717) is 0 Å². The van der Waals surface area contributed by atoms with E-state index in [4.69, 9.17) is 4.74 Å². The molecular weight excluding hydrogens is 178 g/mol. The van der Waals surface area contributed by atoms with Crippen LogP contribution in [0.1, 0.15) is 17.2 Å². The van der Waals surface area contributed by atoms with E-state index in [0.717, 1.165) is 28.7 Å². The summed E-state index contributed by atoms with van der Waals surface area (Å²) in [6.07, 6.45) is 0. The molecule has 0 aliphatic rings. The minimum atomic E-state index is 0.783. The summed E-state index contributed by atoms with van der Waals surface area (Å²) in [4.78, 5) is 8.79. The van der Waals surface area contributed by atoms with Crippen molar-refractivity contribution in [3.63, 3.8) is 0 Å². The summed E-state index contributed by atoms with van der Waals surface area (Å²) in [5.41, 5.74) is 2.75. The number of aromatic nitrogens is 3. The highest BCUT2D eigenvalue weighted by Gasteiger charge is 2.10. The van der Waals surface area contributed by atoms with Gasteiger partial charge >= 0.3 is 0 Å². The first-order valence-corrected chi connectivity index (χ1v) is 4.50. The second-order valence-electron chi connectivity index (χ2n) is 3.34. The van der Waals surface area contributed by atoms with Gasteiger partial charge in [0, 0.05) is 11.8 Å². The fourth-order valence-electron chi connectivity index (χ4n) is 1.65. The predicted octanol–water partition coefficient (Wildman–Crippen LogP) is 1.66. The van der Waals surface area contributed by atoms with Crippen molar-refractivity contribution in [1.82, 2.24) is 14.4 Å². The van der Waals surface area contributed by atoms with Crippen molar-refractivity contribution >= 4 is 5.65 Å². The quantitative estimate of drug-likeness (QED) is 0.688. The maximum atomic E-state index is 5.29. The van der Waals surface area contributed by atoms with E-state index in [1.165, 1.54) is 0 Å². The Labute approximate surface area is 82.6 Å². The van der Waals surface area contributed by atoms with Gasteiger partial charge in [-0.2, -0.15) is 0 Å². The number of hydrogen-bond donors (Lipinski definition) is 0. The summed E-state index contributed by atoms with van der Waals surface area (Å²) >= 11 is 0. The lowest BCUT2D eigenvalue weighted by Gasteiger charge is -2.05. The fourth-order valence-corrected chi connectivity index (χ4v) is 1.65. The SMILES string of the molecule is COc1cc(C)nc2c(C)nc(C)n12. The molecule has 0 spiro atoms. The number of hydrogen-bond acceptors (Lipinski definition) is 3. The van der Waals surface area contributed by atoms with Gasteiger partial charge in [-0.3, -0.25) is 4.40 Å². The molecule has 74 valence electrons. The van der Waals surface area contributed by atoms with Gasteiger partial charge in [-0.05, 0) is 20.8 Å². The van der Waals surface area contributed by atoms with Crippen LogP contribution in [-0.2, 0) is 0 Å². The van der Waals surface area contributed by atoms with Gasteiger partial charge in [-0.1, -0.05) is 0 Å². The predicted molar refractivity (Wildman–Crippen MR) is 53.8 cm³/mol. The molecule has 2 heterocycles. The molecule has 0 N–H and O–H groups in total. The maximum Gasteiger partial charge on any atom is 0.202 e. The van der Waals surface area contributed by atoms with Gasteiger partial charge in [0.05, 0.1) is 12.8 Å². The molecule has 0 aliphatic carbocycles. The highest BCUT2D eigenvalue weighted by molar-refractivity contribution is 5.48. The van der Waals surface area contributed by atoms with Crippen molar-refractivity contribution in [3.8, 4) is 5.88 Å². The highest BCUT2D eigenvalue weighted by atomic mass is 16.5. The van der Waals surface area contributed by atoms with Crippen LogP contribution < -0.4 is 4.74 Å². The summed E-state index contributed by atoms with van der Waals surface area (Å²) in [6, 6.07) is 1.90. The molecule has 0 radical (unpaired) electrons. The maximum absolute atomic E-state index is 5.29. The van der Waals surface area contributed by atoms with Crippen molar-refractivity contribution in [3.05, 3.63) is 23.3 Å². The second kappa shape index (κ2) is 2.97. The highest BCUT2D eigenvalue weighted by Crippen LogP contribution is 2.19. The lowest BCUT2D eigenvalue weighted by atomic mass is 10.4. The van der Waals surface area contributed by atoms with Gasteiger partial charge in [-0.25, -0.2) is 9.97 Å². The molecule has 0 saturated heterocycles. The third-order valence-electron chi connectivity index (χ3n) is 2.23. The van der Waals surface area contributed by atoms with Crippen LogP contribution in [0.5, 0.6) is 5.88 Å². The summed E-state index contributed by atoms with van der Waals surface area (Å²) in [6.45, 7) is 5.85. The fraction of sp³-hybridized carbons (Fsp3) is 0.400. The molecule has 0 unspecified atom stereocenters. The zero-order valence-electron chi connectivity index (χ0n) is 8.83. The molecule has 2 rings (SSSR count). The first kappa shape index (κ1) is 8.99. The Kier molecular flexibility index (Phi) is 1.91. The van der Waals surface area contributed by atoms with E-state index in [-0.39, 0.29) is 0 Å². The van der Waals surface area contributed by atoms with E-state index in [9.17, 15) is 0 Å². The van der Waals surface area contributed by atoms with Crippen molar-refractivity contribution in [2.24, 2.45) is 0 Å². The molecule has 0 fully saturated rings. The van der Waals surface area contributed by atoms with Crippen LogP contribution >= 0.6 is 0 Å². The number of rotatable bonds is 1. The Morgan fingerprint density at radius 3 is 2.57 bits per heavy atom. The standard InChI is InChI=1S/C10H13N3O/c1-6-5-9(14-4)13-8(3)12-7(2)10(13)11-6/h5H,1-4H3. The van der Waals surface area contributed by atoms with Gasteiger partial charge in [0.15, 0.2) is 5.65 Å². The third-order valence-corrected chi connectivity index (χ3v) is 2.23. The molecule has 2 aromatic rings. The summed E-state index contributed by atoms with van der Waals surface area (Å²) in [5, 5.41) is 0. The molecule has 2 aromatic heterocycles. The largest absolute Gasteiger partial charge is 0.482 e. The molecule has 0 saturated carbocycles. The number of nitrogens with zero attached hydrogens (tertiary/aromatic N) is 3. The van der Waals surface area contributed by atoms with Crippen molar-refractivity contribution < 1.29 is 4.74 Å². The minimum absolute atomic E-state index is 0.783.